The summed E-state index contributed by atoms with van der Waals surface area (Å²) in [4.78, 5) is 1.29. The van der Waals surface area contributed by atoms with Crippen molar-refractivity contribution >= 4 is 11.8 Å². The minimum Gasteiger partial charge on any atom is -0.394 e. The van der Waals surface area contributed by atoms with Crippen LogP contribution in [0, 0.1) is 0 Å². The van der Waals surface area contributed by atoms with Gasteiger partial charge >= 0.3 is 0 Å². The third kappa shape index (κ3) is 5.12. The van der Waals surface area contributed by atoms with E-state index in [1.165, 1.54) is 10.5 Å². The molecule has 1 aromatic carbocycles. The molecular formula is C17H29NOS. The van der Waals surface area contributed by atoms with E-state index in [-0.39, 0.29) is 17.6 Å². The van der Waals surface area contributed by atoms with Gasteiger partial charge in [-0.1, -0.05) is 39.8 Å². The maximum absolute atomic E-state index is 9.45. The van der Waals surface area contributed by atoms with Crippen LogP contribution in [0.15, 0.2) is 29.2 Å². The number of rotatable bonds is 6. The van der Waals surface area contributed by atoms with Crippen molar-refractivity contribution < 1.29 is 5.11 Å². The van der Waals surface area contributed by atoms with Crippen molar-refractivity contribution in [2.24, 2.45) is 0 Å². The van der Waals surface area contributed by atoms with Crippen molar-refractivity contribution in [3.8, 4) is 0 Å². The first-order valence-corrected chi connectivity index (χ1v) is 8.15. The maximum Gasteiger partial charge on any atom is 0.0610 e. The molecule has 0 aliphatic carbocycles. The Morgan fingerprint density at radius 3 is 2.10 bits per heavy atom. The number of aliphatic hydroxyl groups is 1. The van der Waals surface area contributed by atoms with Crippen LogP contribution in [0.5, 0.6) is 0 Å². The third-order valence-corrected chi connectivity index (χ3v) is 4.86. The van der Waals surface area contributed by atoms with Crippen molar-refractivity contribution in [2.75, 3.05) is 13.7 Å². The largest absolute Gasteiger partial charge is 0.394 e. The van der Waals surface area contributed by atoms with Crippen LogP contribution in [0.25, 0.3) is 0 Å². The minimum absolute atomic E-state index is 0.164. The number of thioether (sulfide) groups is 1. The second-order valence-electron chi connectivity index (χ2n) is 6.88. The Morgan fingerprint density at radius 1 is 1.15 bits per heavy atom. The second-order valence-corrected chi connectivity index (χ2v) is 8.39. The van der Waals surface area contributed by atoms with Gasteiger partial charge in [0.15, 0.2) is 0 Å². The van der Waals surface area contributed by atoms with Crippen LogP contribution in [0.1, 0.15) is 46.6 Å². The summed E-state index contributed by atoms with van der Waals surface area (Å²) in [6, 6.07) is 8.85. The van der Waals surface area contributed by atoms with E-state index in [1.807, 2.05) is 18.8 Å². The summed E-state index contributed by atoms with van der Waals surface area (Å²) >= 11 is 1.87. The average molecular weight is 295 g/mol. The highest BCUT2D eigenvalue weighted by atomic mass is 32.2. The lowest BCUT2D eigenvalue weighted by molar-refractivity contribution is 0.174. The molecule has 0 aliphatic heterocycles. The van der Waals surface area contributed by atoms with Crippen LogP contribution in [0.2, 0.25) is 0 Å². The fourth-order valence-electron chi connectivity index (χ4n) is 2.19. The molecule has 114 valence electrons. The molecule has 0 heterocycles. The molecular weight excluding hydrogens is 266 g/mol. The summed E-state index contributed by atoms with van der Waals surface area (Å²) in [6.07, 6.45) is 0.936. The van der Waals surface area contributed by atoms with E-state index < -0.39 is 0 Å². The molecule has 2 nitrogen and oxygen atoms in total. The molecule has 0 radical (unpaired) electrons. The van der Waals surface area contributed by atoms with Gasteiger partial charge in [0.25, 0.3) is 0 Å². The molecule has 2 atom stereocenters. The molecule has 2 unspecified atom stereocenters. The van der Waals surface area contributed by atoms with Gasteiger partial charge in [0.05, 0.1) is 6.61 Å². The standard InChI is InChI=1S/C17H29NOS/c1-13(11-17(5,12-19)18-6)20-15-9-7-14(8-10-15)16(2,3)4/h7-10,13,18-19H,11-12H2,1-6H3. The van der Waals surface area contributed by atoms with Gasteiger partial charge in [-0.05, 0) is 43.5 Å². The Morgan fingerprint density at radius 2 is 1.70 bits per heavy atom. The zero-order valence-corrected chi connectivity index (χ0v) is 14.5. The molecule has 0 saturated carbocycles. The summed E-state index contributed by atoms with van der Waals surface area (Å²) in [7, 11) is 1.91. The molecule has 0 saturated heterocycles. The third-order valence-electron chi connectivity index (χ3n) is 3.75. The van der Waals surface area contributed by atoms with Gasteiger partial charge in [-0.3, -0.25) is 0 Å². The first kappa shape index (κ1) is 17.5. The number of nitrogens with one attached hydrogen (secondary N) is 1. The zero-order valence-electron chi connectivity index (χ0n) is 13.7. The maximum atomic E-state index is 9.45. The Balaban J connectivity index is 2.65. The van der Waals surface area contributed by atoms with Crippen LogP contribution in [-0.2, 0) is 5.41 Å². The van der Waals surface area contributed by atoms with Crippen molar-refractivity contribution in [1.29, 1.82) is 0 Å². The van der Waals surface area contributed by atoms with Crippen molar-refractivity contribution in [2.45, 2.75) is 62.1 Å². The first-order valence-electron chi connectivity index (χ1n) is 7.27. The monoisotopic (exact) mass is 295 g/mol. The molecule has 3 heteroatoms. The minimum atomic E-state index is -0.197. The van der Waals surface area contributed by atoms with Gasteiger partial charge in [-0.2, -0.15) is 0 Å². The Labute approximate surface area is 128 Å². The lowest BCUT2D eigenvalue weighted by Gasteiger charge is -2.29. The Kier molecular flexibility index (Phi) is 6.11. The normalized spacial score (nSPS) is 16.8. The highest BCUT2D eigenvalue weighted by Crippen LogP contribution is 2.30. The van der Waals surface area contributed by atoms with Gasteiger partial charge in [-0.25, -0.2) is 0 Å². The molecule has 0 aromatic heterocycles. The predicted molar refractivity (Wildman–Crippen MR) is 89.6 cm³/mol. The molecule has 0 aliphatic rings. The van der Waals surface area contributed by atoms with E-state index in [2.05, 4.69) is 64.2 Å². The summed E-state index contributed by atoms with van der Waals surface area (Å²) in [6.45, 7) is 11.1. The molecule has 0 bridgehead atoms. The van der Waals surface area contributed by atoms with Gasteiger partial charge in [0.1, 0.15) is 0 Å². The van der Waals surface area contributed by atoms with Crippen LogP contribution >= 0.6 is 11.8 Å². The van der Waals surface area contributed by atoms with Crippen LogP contribution in [0.3, 0.4) is 0 Å². The summed E-state index contributed by atoms with van der Waals surface area (Å²) < 4.78 is 0. The molecule has 20 heavy (non-hydrogen) atoms. The second kappa shape index (κ2) is 6.97. The van der Waals surface area contributed by atoms with Crippen LogP contribution in [0.4, 0.5) is 0 Å². The summed E-state index contributed by atoms with van der Waals surface area (Å²) in [5, 5.41) is 13.1. The zero-order chi connectivity index (χ0) is 15.4. The first-order chi connectivity index (χ1) is 9.20. The van der Waals surface area contributed by atoms with E-state index in [0.29, 0.717) is 5.25 Å². The van der Waals surface area contributed by atoms with Gasteiger partial charge in [0, 0.05) is 15.7 Å². The highest BCUT2D eigenvalue weighted by Gasteiger charge is 2.24. The smallest absolute Gasteiger partial charge is 0.0610 e. The molecule has 1 aromatic rings. The van der Waals surface area contributed by atoms with E-state index >= 15 is 0 Å². The van der Waals surface area contributed by atoms with E-state index in [4.69, 9.17) is 0 Å². The quantitative estimate of drug-likeness (QED) is 0.782. The molecule has 0 spiro atoms. The van der Waals surface area contributed by atoms with Gasteiger partial charge in [-0.15, -0.1) is 11.8 Å². The van der Waals surface area contributed by atoms with Crippen molar-refractivity contribution in [3.63, 3.8) is 0 Å². The highest BCUT2D eigenvalue weighted by molar-refractivity contribution is 7.99. The van der Waals surface area contributed by atoms with E-state index in [1.54, 1.807) is 0 Å². The average Bonchev–Trinajstić information content (AvgIpc) is 2.38. The predicted octanol–water partition coefficient (Wildman–Crippen LogP) is 3.83. The lowest BCUT2D eigenvalue weighted by Crippen LogP contribution is -2.45. The molecule has 0 amide bonds. The topological polar surface area (TPSA) is 32.3 Å². The lowest BCUT2D eigenvalue weighted by atomic mass is 9.87. The van der Waals surface area contributed by atoms with E-state index in [9.17, 15) is 5.11 Å². The van der Waals surface area contributed by atoms with Crippen molar-refractivity contribution in [1.82, 2.24) is 5.32 Å². The molecule has 1 rings (SSSR count). The van der Waals surface area contributed by atoms with Gasteiger partial charge in [0.2, 0.25) is 0 Å². The van der Waals surface area contributed by atoms with Crippen LogP contribution < -0.4 is 5.32 Å². The SMILES string of the molecule is CNC(C)(CO)CC(C)Sc1ccc(C(C)(C)C)cc1. The van der Waals surface area contributed by atoms with Crippen molar-refractivity contribution in [3.05, 3.63) is 29.8 Å². The number of aliphatic hydroxyl groups excluding tert-OH is 1. The van der Waals surface area contributed by atoms with Gasteiger partial charge < -0.3 is 10.4 Å². The fraction of sp³-hybridized carbons (Fsp3) is 0.647. The number of benzene rings is 1. The summed E-state index contributed by atoms with van der Waals surface area (Å²) in [5.41, 5.74) is 1.37. The fourth-order valence-corrected chi connectivity index (χ4v) is 3.40. The molecule has 2 N–H and O–H groups in total. The van der Waals surface area contributed by atoms with Crippen LogP contribution in [-0.4, -0.2) is 29.5 Å². The number of hydrogen-bond acceptors (Lipinski definition) is 3. The Bertz CT molecular complexity index is 404. The summed E-state index contributed by atoms with van der Waals surface area (Å²) in [5.74, 6) is 0. The Hall–Kier alpha value is -0.510. The molecule has 0 fully saturated rings. The van der Waals surface area contributed by atoms with E-state index in [0.717, 1.165) is 6.42 Å². The number of hydrogen-bond donors (Lipinski definition) is 2. The number of likely N-dealkylation sites (N-methyl/N-ethyl adjacent to an activating group) is 1.